The van der Waals surface area contributed by atoms with Crippen LogP contribution in [0.4, 0.5) is 5.69 Å². The number of nitrogens with zero attached hydrogens (tertiary/aromatic N) is 2. The zero-order chi connectivity index (χ0) is 19.2. The lowest BCUT2D eigenvalue weighted by Crippen LogP contribution is -2.49. The molecule has 1 atom stereocenters. The maximum absolute atomic E-state index is 10.4. The molecule has 0 radical (unpaired) electrons. The molecule has 0 aliphatic carbocycles. The van der Waals surface area contributed by atoms with Crippen molar-refractivity contribution in [2.45, 2.75) is 20.0 Å². The number of β-amino-alcohol motifs (C(OH)–C–C–N with tert-alkyl or cyclic N) is 1. The van der Waals surface area contributed by atoms with Gasteiger partial charge in [0.25, 0.3) is 0 Å². The summed E-state index contributed by atoms with van der Waals surface area (Å²) in [5.41, 5.74) is 3.48. The van der Waals surface area contributed by atoms with E-state index < -0.39 is 6.10 Å². The number of halogens is 2. The molecule has 0 bridgehead atoms. The Hall–Kier alpha value is -1.66. The molecule has 0 aromatic heterocycles. The summed E-state index contributed by atoms with van der Waals surface area (Å²) in [6, 6.07) is 14.3. The van der Waals surface area contributed by atoms with Crippen LogP contribution in [0, 0.1) is 13.8 Å². The third-order valence-corrected chi connectivity index (χ3v) is 5.05. The number of aliphatic hydroxyl groups is 1. The highest BCUT2D eigenvalue weighted by atomic mass is 35.5. The highest BCUT2D eigenvalue weighted by Crippen LogP contribution is 2.21. The molecule has 5 nitrogen and oxygen atoms in total. The van der Waals surface area contributed by atoms with Crippen LogP contribution in [0.5, 0.6) is 11.5 Å². The number of aryl methyl sites for hydroxylation is 2. The summed E-state index contributed by atoms with van der Waals surface area (Å²) in [7, 11) is 1.68. The maximum atomic E-state index is 10.4. The van der Waals surface area contributed by atoms with Gasteiger partial charge in [0.05, 0.1) is 7.11 Å². The van der Waals surface area contributed by atoms with E-state index in [1.54, 1.807) is 7.11 Å². The van der Waals surface area contributed by atoms with E-state index in [1.807, 2.05) is 32.0 Å². The number of ether oxygens (including phenoxy) is 2. The maximum Gasteiger partial charge on any atom is 0.122 e. The fourth-order valence-corrected chi connectivity index (χ4v) is 3.38. The molecule has 0 amide bonds. The van der Waals surface area contributed by atoms with E-state index in [1.165, 1.54) is 11.3 Å². The first-order chi connectivity index (χ1) is 13.0. The summed E-state index contributed by atoms with van der Waals surface area (Å²) in [4.78, 5) is 4.67. The molecule has 1 aliphatic rings. The van der Waals surface area contributed by atoms with Crippen LogP contribution in [-0.4, -0.2) is 62.6 Å². The minimum absolute atomic E-state index is 0. The molecule has 3 rings (SSSR count). The molecule has 7 heteroatoms. The average Bonchev–Trinajstić information content (AvgIpc) is 2.69. The van der Waals surface area contributed by atoms with Crippen LogP contribution in [0.3, 0.4) is 0 Å². The minimum atomic E-state index is -0.488. The predicted octanol–water partition coefficient (Wildman–Crippen LogP) is 3.72. The second-order valence-electron chi connectivity index (χ2n) is 7.22. The Labute approximate surface area is 186 Å². The average molecular weight is 443 g/mol. The zero-order valence-corrected chi connectivity index (χ0v) is 19.0. The number of hydrogen-bond donors (Lipinski definition) is 1. The normalized spacial score (nSPS) is 15.1. The highest BCUT2D eigenvalue weighted by molar-refractivity contribution is 5.85. The van der Waals surface area contributed by atoms with Crippen molar-refractivity contribution in [3.05, 3.63) is 53.6 Å². The van der Waals surface area contributed by atoms with Crippen molar-refractivity contribution in [1.82, 2.24) is 4.90 Å². The number of methoxy groups -OCH3 is 1. The van der Waals surface area contributed by atoms with E-state index in [4.69, 9.17) is 9.47 Å². The minimum Gasteiger partial charge on any atom is -0.497 e. The molecule has 2 aromatic rings. The third-order valence-electron chi connectivity index (χ3n) is 5.05. The number of anilines is 1. The topological polar surface area (TPSA) is 45.2 Å². The van der Waals surface area contributed by atoms with Crippen LogP contribution in [0.15, 0.2) is 42.5 Å². The Morgan fingerprint density at radius 2 is 1.62 bits per heavy atom. The molecular weight excluding hydrogens is 411 g/mol. The Morgan fingerprint density at radius 1 is 0.966 bits per heavy atom. The second kappa shape index (κ2) is 12.1. The molecule has 1 heterocycles. The second-order valence-corrected chi connectivity index (χ2v) is 7.22. The van der Waals surface area contributed by atoms with Crippen LogP contribution < -0.4 is 14.4 Å². The van der Waals surface area contributed by atoms with Crippen molar-refractivity contribution in [3.8, 4) is 11.5 Å². The summed E-state index contributed by atoms with van der Waals surface area (Å²) in [5.74, 6) is 1.74. The molecule has 162 valence electrons. The number of aliphatic hydroxyl groups excluding tert-OH is 1. The molecule has 1 unspecified atom stereocenters. The molecule has 1 N–H and O–H groups in total. The van der Waals surface area contributed by atoms with Crippen LogP contribution in [0.1, 0.15) is 11.1 Å². The quantitative estimate of drug-likeness (QED) is 0.707. The SMILES string of the molecule is COc1ccc(N2CCN(CC(O)COc3cc(C)ccc3C)CC2)cc1.Cl.Cl. The highest BCUT2D eigenvalue weighted by Gasteiger charge is 2.20. The van der Waals surface area contributed by atoms with E-state index in [0.29, 0.717) is 13.2 Å². The van der Waals surface area contributed by atoms with Gasteiger partial charge in [0.2, 0.25) is 0 Å². The van der Waals surface area contributed by atoms with Crippen LogP contribution >= 0.6 is 24.8 Å². The Kier molecular flexibility index (Phi) is 10.6. The standard InChI is InChI=1S/C22H30N2O3.2ClH/c1-17-4-5-18(2)22(14-17)27-16-20(25)15-23-10-12-24(13-11-23)19-6-8-21(26-3)9-7-19;;/h4-9,14,20,25H,10-13,15-16H2,1-3H3;2*1H. The van der Waals surface area contributed by atoms with E-state index in [0.717, 1.165) is 43.2 Å². The van der Waals surface area contributed by atoms with Crippen LogP contribution in [-0.2, 0) is 0 Å². The molecular formula is C22H32Cl2N2O3. The van der Waals surface area contributed by atoms with Gasteiger partial charge in [0, 0.05) is 38.4 Å². The summed E-state index contributed by atoms with van der Waals surface area (Å²) in [5, 5.41) is 10.4. The largest absolute Gasteiger partial charge is 0.497 e. The van der Waals surface area contributed by atoms with Gasteiger partial charge < -0.3 is 19.5 Å². The van der Waals surface area contributed by atoms with Crippen molar-refractivity contribution in [2.75, 3.05) is 51.3 Å². The molecule has 1 aliphatic heterocycles. The first-order valence-corrected chi connectivity index (χ1v) is 9.54. The molecule has 1 saturated heterocycles. The van der Waals surface area contributed by atoms with Gasteiger partial charge >= 0.3 is 0 Å². The van der Waals surface area contributed by atoms with Gasteiger partial charge in [-0.1, -0.05) is 12.1 Å². The van der Waals surface area contributed by atoms with Gasteiger partial charge in [-0.2, -0.15) is 0 Å². The number of benzene rings is 2. The summed E-state index contributed by atoms with van der Waals surface area (Å²) in [6.45, 7) is 8.82. The zero-order valence-electron chi connectivity index (χ0n) is 17.3. The Bertz CT molecular complexity index is 735. The molecule has 0 saturated carbocycles. The van der Waals surface area contributed by atoms with Crippen molar-refractivity contribution in [1.29, 1.82) is 0 Å². The van der Waals surface area contributed by atoms with Crippen molar-refractivity contribution in [3.63, 3.8) is 0 Å². The Balaban J connectivity index is 0.00000210. The van der Waals surface area contributed by atoms with Crippen molar-refractivity contribution in [2.24, 2.45) is 0 Å². The van der Waals surface area contributed by atoms with E-state index in [-0.39, 0.29) is 24.8 Å². The lowest BCUT2D eigenvalue weighted by atomic mass is 10.1. The predicted molar refractivity (Wildman–Crippen MR) is 124 cm³/mol. The lowest BCUT2D eigenvalue weighted by Gasteiger charge is -2.36. The van der Waals surface area contributed by atoms with Gasteiger partial charge in [-0.15, -0.1) is 24.8 Å². The summed E-state index contributed by atoms with van der Waals surface area (Å²) < 4.78 is 11.1. The van der Waals surface area contributed by atoms with Crippen LogP contribution in [0.25, 0.3) is 0 Å². The smallest absolute Gasteiger partial charge is 0.122 e. The number of rotatable bonds is 7. The number of piperazine rings is 1. The lowest BCUT2D eigenvalue weighted by molar-refractivity contribution is 0.0660. The van der Waals surface area contributed by atoms with E-state index in [2.05, 4.69) is 34.1 Å². The van der Waals surface area contributed by atoms with Gasteiger partial charge in [0.1, 0.15) is 24.2 Å². The number of hydrogen-bond acceptors (Lipinski definition) is 5. The van der Waals surface area contributed by atoms with Gasteiger partial charge in [-0.05, 0) is 55.3 Å². The first-order valence-electron chi connectivity index (χ1n) is 9.54. The van der Waals surface area contributed by atoms with Crippen molar-refractivity contribution >= 4 is 30.5 Å². The van der Waals surface area contributed by atoms with Crippen molar-refractivity contribution < 1.29 is 14.6 Å². The van der Waals surface area contributed by atoms with Gasteiger partial charge in [-0.3, -0.25) is 4.90 Å². The van der Waals surface area contributed by atoms with E-state index in [9.17, 15) is 5.11 Å². The van der Waals surface area contributed by atoms with E-state index >= 15 is 0 Å². The Morgan fingerprint density at radius 3 is 2.24 bits per heavy atom. The molecule has 1 fully saturated rings. The van der Waals surface area contributed by atoms with Gasteiger partial charge in [-0.25, -0.2) is 0 Å². The summed E-state index contributed by atoms with van der Waals surface area (Å²) in [6.07, 6.45) is -0.488. The first kappa shape index (κ1) is 25.4. The molecule has 2 aromatic carbocycles. The molecule has 0 spiro atoms. The fraction of sp³-hybridized carbons (Fsp3) is 0.455. The molecule has 29 heavy (non-hydrogen) atoms. The third kappa shape index (κ3) is 7.27. The van der Waals surface area contributed by atoms with Crippen LogP contribution in [0.2, 0.25) is 0 Å². The monoisotopic (exact) mass is 442 g/mol. The van der Waals surface area contributed by atoms with Gasteiger partial charge in [0.15, 0.2) is 0 Å². The fourth-order valence-electron chi connectivity index (χ4n) is 3.38. The summed E-state index contributed by atoms with van der Waals surface area (Å²) >= 11 is 0.